The number of guanidine groups is 1. The Bertz CT molecular complexity index is 370. The topological polar surface area (TPSA) is 72.5 Å². The quantitative estimate of drug-likeness (QED) is 0.577. The van der Waals surface area contributed by atoms with E-state index in [1.165, 1.54) is 12.8 Å². The number of aliphatic imine (C=N–C) groups is 1. The highest BCUT2D eigenvalue weighted by Gasteiger charge is 2.21. The molecule has 0 saturated heterocycles. The number of hydrogen-bond donors (Lipinski definition) is 2. The Kier molecular flexibility index (Phi) is 3.24. The number of nitrogens with zero attached hydrogens (tertiary/aromatic N) is 2. The molecule has 1 aliphatic rings. The molecule has 0 spiro atoms. The van der Waals surface area contributed by atoms with Gasteiger partial charge in [-0.25, -0.2) is 4.99 Å². The molecule has 1 aliphatic carbocycles. The molecule has 16 heavy (non-hydrogen) atoms. The third kappa shape index (κ3) is 3.12. The van der Waals surface area contributed by atoms with Crippen molar-refractivity contribution in [1.82, 2.24) is 10.3 Å². The molecule has 1 aromatic heterocycles. The SMILES string of the molecule is COc1ccc(CN=C(N)NC2CC2)nc1. The van der Waals surface area contributed by atoms with Gasteiger partial charge in [0.2, 0.25) is 0 Å². The zero-order valence-electron chi connectivity index (χ0n) is 9.31. The van der Waals surface area contributed by atoms with Crippen LogP contribution in [0.3, 0.4) is 0 Å². The Balaban J connectivity index is 1.87. The smallest absolute Gasteiger partial charge is 0.189 e. The first-order chi connectivity index (χ1) is 7.78. The molecule has 0 radical (unpaired) electrons. The van der Waals surface area contributed by atoms with E-state index in [0.29, 0.717) is 18.5 Å². The number of rotatable bonds is 4. The van der Waals surface area contributed by atoms with Crippen LogP contribution in [0.2, 0.25) is 0 Å². The van der Waals surface area contributed by atoms with Crippen LogP contribution in [0.15, 0.2) is 23.3 Å². The van der Waals surface area contributed by atoms with E-state index in [1.807, 2.05) is 12.1 Å². The molecule has 0 unspecified atom stereocenters. The molecule has 5 nitrogen and oxygen atoms in total. The van der Waals surface area contributed by atoms with Gasteiger partial charge in [0, 0.05) is 6.04 Å². The molecule has 0 bridgehead atoms. The molecule has 3 N–H and O–H groups in total. The number of nitrogens with one attached hydrogen (secondary N) is 1. The van der Waals surface area contributed by atoms with Crippen molar-refractivity contribution in [2.75, 3.05) is 7.11 Å². The molecule has 0 aromatic carbocycles. The van der Waals surface area contributed by atoms with E-state index in [1.54, 1.807) is 13.3 Å². The molecular weight excluding hydrogens is 204 g/mol. The summed E-state index contributed by atoms with van der Waals surface area (Å²) in [5, 5.41) is 3.12. The average molecular weight is 220 g/mol. The Morgan fingerprint density at radius 1 is 1.62 bits per heavy atom. The van der Waals surface area contributed by atoms with E-state index in [9.17, 15) is 0 Å². The average Bonchev–Trinajstić information content (AvgIpc) is 3.11. The largest absolute Gasteiger partial charge is 0.495 e. The summed E-state index contributed by atoms with van der Waals surface area (Å²) in [6.45, 7) is 0.496. The lowest BCUT2D eigenvalue weighted by atomic mass is 10.3. The summed E-state index contributed by atoms with van der Waals surface area (Å²) >= 11 is 0. The van der Waals surface area contributed by atoms with Crippen molar-refractivity contribution in [1.29, 1.82) is 0 Å². The summed E-state index contributed by atoms with van der Waals surface area (Å²) in [6, 6.07) is 4.28. The summed E-state index contributed by atoms with van der Waals surface area (Å²) in [5.41, 5.74) is 6.58. The zero-order valence-corrected chi connectivity index (χ0v) is 9.31. The van der Waals surface area contributed by atoms with Crippen LogP contribution >= 0.6 is 0 Å². The number of nitrogens with two attached hydrogens (primary N) is 1. The predicted molar refractivity (Wildman–Crippen MR) is 62.3 cm³/mol. The minimum absolute atomic E-state index is 0.496. The maximum absolute atomic E-state index is 5.70. The van der Waals surface area contributed by atoms with Crippen LogP contribution in [0.4, 0.5) is 0 Å². The molecule has 86 valence electrons. The van der Waals surface area contributed by atoms with E-state index in [2.05, 4.69) is 15.3 Å². The highest BCUT2D eigenvalue weighted by molar-refractivity contribution is 5.78. The van der Waals surface area contributed by atoms with E-state index < -0.39 is 0 Å². The molecule has 1 saturated carbocycles. The van der Waals surface area contributed by atoms with Gasteiger partial charge in [-0.3, -0.25) is 4.98 Å². The van der Waals surface area contributed by atoms with Crippen LogP contribution < -0.4 is 15.8 Å². The summed E-state index contributed by atoms with van der Waals surface area (Å²) in [4.78, 5) is 8.41. The van der Waals surface area contributed by atoms with Crippen LogP contribution in [0.1, 0.15) is 18.5 Å². The van der Waals surface area contributed by atoms with Crippen molar-refractivity contribution < 1.29 is 4.74 Å². The van der Waals surface area contributed by atoms with Crippen LogP contribution in [0.25, 0.3) is 0 Å². The lowest BCUT2D eigenvalue weighted by Crippen LogP contribution is -2.33. The third-order valence-corrected chi connectivity index (χ3v) is 2.37. The van der Waals surface area contributed by atoms with Gasteiger partial charge in [-0.05, 0) is 25.0 Å². The summed E-state index contributed by atoms with van der Waals surface area (Å²) in [6.07, 6.45) is 4.06. The van der Waals surface area contributed by atoms with Gasteiger partial charge in [-0.15, -0.1) is 0 Å². The minimum Gasteiger partial charge on any atom is -0.495 e. The lowest BCUT2D eigenvalue weighted by molar-refractivity contribution is 0.412. The minimum atomic E-state index is 0.496. The highest BCUT2D eigenvalue weighted by Crippen LogP contribution is 2.18. The van der Waals surface area contributed by atoms with Gasteiger partial charge in [0.15, 0.2) is 5.96 Å². The fourth-order valence-electron chi connectivity index (χ4n) is 1.27. The highest BCUT2D eigenvalue weighted by atomic mass is 16.5. The first kappa shape index (κ1) is 10.7. The van der Waals surface area contributed by atoms with Crippen molar-refractivity contribution in [3.8, 4) is 5.75 Å². The Hall–Kier alpha value is -1.78. The second-order valence-corrected chi connectivity index (χ2v) is 3.81. The van der Waals surface area contributed by atoms with Crippen LogP contribution in [0, 0.1) is 0 Å². The monoisotopic (exact) mass is 220 g/mol. The van der Waals surface area contributed by atoms with Gasteiger partial charge >= 0.3 is 0 Å². The number of methoxy groups -OCH3 is 1. The van der Waals surface area contributed by atoms with Crippen molar-refractivity contribution in [2.24, 2.45) is 10.7 Å². The van der Waals surface area contributed by atoms with Crippen molar-refractivity contribution in [3.63, 3.8) is 0 Å². The first-order valence-corrected chi connectivity index (χ1v) is 5.33. The standard InChI is InChI=1S/C11H16N4O/c1-16-10-5-4-9(13-7-10)6-14-11(12)15-8-2-3-8/h4-5,7-8H,2-3,6H2,1H3,(H3,12,14,15). The summed E-state index contributed by atoms with van der Waals surface area (Å²) < 4.78 is 5.02. The van der Waals surface area contributed by atoms with Gasteiger partial charge in [0.25, 0.3) is 0 Å². The Morgan fingerprint density at radius 2 is 2.44 bits per heavy atom. The molecule has 0 amide bonds. The van der Waals surface area contributed by atoms with Gasteiger partial charge in [0.1, 0.15) is 5.75 Å². The molecular formula is C11H16N4O. The Morgan fingerprint density at radius 3 is 3.00 bits per heavy atom. The normalized spacial score (nSPS) is 15.9. The fraction of sp³-hybridized carbons (Fsp3) is 0.455. The second-order valence-electron chi connectivity index (χ2n) is 3.81. The number of pyridine rings is 1. The third-order valence-electron chi connectivity index (χ3n) is 2.37. The van der Waals surface area contributed by atoms with Crippen molar-refractivity contribution >= 4 is 5.96 Å². The second kappa shape index (κ2) is 4.83. The predicted octanol–water partition coefficient (Wildman–Crippen LogP) is 0.657. The van der Waals surface area contributed by atoms with E-state index in [4.69, 9.17) is 10.5 Å². The fourth-order valence-corrected chi connectivity index (χ4v) is 1.27. The van der Waals surface area contributed by atoms with Crippen LogP contribution in [0.5, 0.6) is 5.75 Å². The maximum atomic E-state index is 5.70. The van der Waals surface area contributed by atoms with E-state index >= 15 is 0 Å². The number of ether oxygens (including phenoxy) is 1. The van der Waals surface area contributed by atoms with Crippen molar-refractivity contribution in [3.05, 3.63) is 24.0 Å². The Labute approximate surface area is 94.7 Å². The molecule has 2 rings (SSSR count). The summed E-state index contributed by atoms with van der Waals surface area (Å²) in [7, 11) is 1.62. The molecule has 0 aliphatic heterocycles. The maximum Gasteiger partial charge on any atom is 0.189 e. The molecule has 5 heteroatoms. The first-order valence-electron chi connectivity index (χ1n) is 5.33. The molecule has 1 aromatic rings. The van der Waals surface area contributed by atoms with Crippen LogP contribution in [-0.4, -0.2) is 24.1 Å². The molecule has 1 fully saturated rings. The molecule has 1 heterocycles. The van der Waals surface area contributed by atoms with Gasteiger partial charge in [-0.2, -0.15) is 0 Å². The van der Waals surface area contributed by atoms with E-state index in [-0.39, 0.29) is 0 Å². The van der Waals surface area contributed by atoms with Gasteiger partial charge in [0.05, 0.1) is 25.5 Å². The zero-order chi connectivity index (χ0) is 11.4. The number of aromatic nitrogens is 1. The van der Waals surface area contributed by atoms with Gasteiger partial charge in [-0.1, -0.05) is 0 Å². The lowest BCUT2D eigenvalue weighted by Gasteiger charge is -2.03. The van der Waals surface area contributed by atoms with Gasteiger partial charge < -0.3 is 15.8 Å². The van der Waals surface area contributed by atoms with E-state index in [0.717, 1.165) is 11.4 Å². The summed E-state index contributed by atoms with van der Waals surface area (Å²) in [5.74, 6) is 1.25. The van der Waals surface area contributed by atoms with Crippen LogP contribution in [-0.2, 0) is 6.54 Å². The van der Waals surface area contributed by atoms with Crippen molar-refractivity contribution in [2.45, 2.75) is 25.4 Å². The molecule has 0 atom stereocenters. The number of hydrogen-bond acceptors (Lipinski definition) is 3.